The lowest BCUT2D eigenvalue weighted by Crippen LogP contribution is -2.49. The van der Waals surface area contributed by atoms with Crippen molar-refractivity contribution < 1.29 is 14.0 Å². The fourth-order valence-electron chi connectivity index (χ4n) is 3.85. The van der Waals surface area contributed by atoms with E-state index in [1.54, 1.807) is 29.2 Å². The minimum absolute atomic E-state index is 0.0913. The van der Waals surface area contributed by atoms with Crippen LogP contribution in [0, 0.1) is 18.3 Å². The minimum atomic E-state index is -0.361. The Labute approximate surface area is 186 Å². The number of hydrogen-bond acceptors (Lipinski definition) is 5. The number of anilines is 1. The van der Waals surface area contributed by atoms with Crippen LogP contribution in [0.2, 0.25) is 0 Å². The van der Waals surface area contributed by atoms with E-state index >= 15 is 0 Å². The van der Waals surface area contributed by atoms with Crippen molar-refractivity contribution >= 4 is 17.5 Å². The lowest BCUT2D eigenvalue weighted by molar-refractivity contribution is 0.0606. The molecule has 2 aromatic carbocycles. The third-order valence-corrected chi connectivity index (χ3v) is 5.68. The molecule has 0 aliphatic carbocycles. The molecule has 2 heterocycles. The van der Waals surface area contributed by atoms with Gasteiger partial charge in [0.05, 0.1) is 12.3 Å². The van der Waals surface area contributed by atoms with Crippen LogP contribution in [0.1, 0.15) is 38.1 Å². The Kier molecular flexibility index (Phi) is 6.34. The molecule has 1 fully saturated rings. The number of benzene rings is 2. The second-order valence-electron chi connectivity index (χ2n) is 7.73. The first kappa shape index (κ1) is 21.3. The predicted octanol–water partition coefficient (Wildman–Crippen LogP) is 3.86. The van der Waals surface area contributed by atoms with Crippen molar-refractivity contribution in [2.75, 3.05) is 31.5 Å². The molecule has 0 radical (unpaired) electrons. The van der Waals surface area contributed by atoms with Gasteiger partial charge in [0.2, 0.25) is 0 Å². The largest absolute Gasteiger partial charge is 0.459 e. The van der Waals surface area contributed by atoms with Crippen LogP contribution >= 0.6 is 0 Å². The number of furan rings is 1. The molecular formula is C25H24N4O3. The number of amides is 2. The summed E-state index contributed by atoms with van der Waals surface area (Å²) in [6.07, 6.45) is 1.44. The van der Waals surface area contributed by atoms with Gasteiger partial charge in [0.25, 0.3) is 11.8 Å². The highest BCUT2D eigenvalue weighted by Crippen LogP contribution is 2.23. The number of nitrogens with one attached hydrogen (secondary N) is 1. The second-order valence-corrected chi connectivity index (χ2v) is 7.73. The Hall–Kier alpha value is -3.89. The van der Waals surface area contributed by atoms with Gasteiger partial charge in [0, 0.05) is 37.4 Å². The van der Waals surface area contributed by atoms with E-state index in [2.05, 4.69) is 16.3 Å². The molecule has 1 aliphatic heterocycles. The topological polar surface area (TPSA) is 89.6 Å². The zero-order valence-corrected chi connectivity index (χ0v) is 17.8. The van der Waals surface area contributed by atoms with Crippen molar-refractivity contribution in [3.8, 4) is 6.07 Å². The van der Waals surface area contributed by atoms with Gasteiger partial charge in [-0.25, -0.2) is 0 Å². The predicted molar refractivity (Wildman–Crippen MR) is 120 cm³/mol. The van der Waals surface area contributed by atoms with E-state index in [4.69, 9.17) is 4.42 Å². The molecule has 7 heteroatoms. The Morgan fingerprint density at radius 2 is 1.78 bits per heavy atom. The van der Waals surface area contributed by atoms with Crippen molar-refractivity contribution in [1.29, 1.82) is 5.26 Å². The van der Waals surface area contributed by atoms with Gasteiger partial charge in [-0.05, 0) is 42.3 Å². The Morgan fingerprint density at radius 3 is 2.44 bits per heavy atom. The minimum Gasteiger partial charge on any atom is -0.459 e. The van der Waals surface area contributed by atoms with Gasteiger partial charge in [-0.2, -0.15) is 5.26 Å². The Bertz CT molecular complexity index is 1130. The SMILES string of the molecule is Cc1ccc(C(=O)N2CCN(C(C#N)c3ccccc3)CC2)cc1NC(=O)c1ccco1. The van der Waals surface area contributed by atoms with Crippen molar-refractivity contribution in [2.45, 2.75) is 13.0 Å². The number of aryl methyl sites for hydroxylation is 1. The van der Waals surface area contributed by atoms with Crippen LogP contribution in [0.25, 0.3) is 0 Å². The van der Waals surface area contributed by atoms with Gasteiger partial charge in [0.1, 0.15) is 6.04 Å². The highest BCUT2D eigenvalue weighted by Gasteiger charge is 2.27. The zero-order chi connectivity index (χ0) is 22.5. The van der Waals surface area contributed by atoms with E-state index in [1.807, 2.05) is 43.3 Å². The average Bonchev–Trinajstić information content (AvgIpc) is 3.37. The molecule has 3 aromatic rings. The van der Waals surface area contributed by atoms with Crippen LogP contribution in [-0.2, 0) is 0 Å². The van der Waals surface area contributed by atoms with Crippen molar-refractivity contribution in [3.63, 3.8) is 0 Å². The molecule has 1 saturated heterocycles. The molecule has 32 heavy (non-hydrogen) atoms. The first-order valence-corrected chi connectivity index (χ1v) is 10.5. The third kappa shape index (κ3) is 4.56. The average molecular weight is 428 g/mol. The molecule has 0 bridgehead atoms. The van der Waals surface area contributed by atoms with Crippen LogP contribution in [0.3, 0.4) is 0 Å². The molecule has 1 N–H and O–H groups in total. The van der Waals surface area contributed by atoms with Gasteiger partial charge in [0.15, 0.2) is 5.76 Å². The van der Waals surface area contributed by atoms with Crippen LogP contribution < -0.4 is 5.32 Å². The Balaban J connectivity index is 1.42. The fourth-order valence-corrected chi connectivity index (χ4v) is 3.85. The van der Waals surface area contributed by atoms with E-state index in [1.165, 1.54) is 6.26 Å². The van der Waals surface area contributed by atoms with E-state index in [-0.39, 0.29) is 23.6 Å². The second kappa shape index (κ2) is 9.50. The maximum absolute atomic E-state index is 13.1. The Morgan fingerprint density at radius 1 is 1.03 bits per heavy atom. The molecule has 162 valence electrons. The number of nitrogens with zero attached hydrogens (tertiary/aromatic N) is 3. The monoisotopic (exact) mass is 428 g/mol. The molecule has 0 spiro atoms. The first-order chi connectivity index (χ1) is 15.6. The quantitative estimate of drug-likeness (QED) is 0.666. The number of rotatable bonds is 5. The zero-order valence-electron chi connectivity index (χ0n) is 17.8. The van der Waals surface area contributed by atoms with Crippen molar-refractivity contribution in [3.05, 3.63) is 89.4 Å². The van der Waals surface area contributed by atoms with Crippen molar-refractivity contribution in [2.24, 2.45) is 0 Å². The summed E-state index contributed by atoms with van der Waals surface area (Å²) in [5.74, 6) is -0.242. The summed E-state index contributed by atoms with van der Waals surface area (Å²) in [6, 6.07) is 20.3. The normalized spacial score (nSPS) is 15.1. The maximum atomic E-state index is 13.1. The van der Waals surface area contributed by atoms with Crippen LogP contribution in [0.5, 0.6) is 0 Å². The van der Waals surface area contributed by atoms with Gasteiger partial charge >= 0.3 is 0 Å². The maximum Gasteiger partial charge on any atom is 0.291 e. The molecular weight excluding hydrogens is 404 g/mol. The van der Waals surface area contributed by atoms with E-state index in [9.17, 15) is 14.9 Å². The van der Waals surface area contributed by atoms with E-state index < -0.39 is 0 Å². The van der Waals surface area contributed by atoms with Crippen molar-refractivity contribution in [1.82, 2.24) is 9.80 Å². The number of hydrogen-bond donors (Lipinski definition) is 1. The standard InChI is InChI=1S/C25H24N4O3/c1-18-9-10-20(16-21(18)27-24(30)23-8-5-15-32-23)25(31)29-13-11-28(12-14-29)22(17-26)19-6-3-2-4-7-19/h2-10,15-16,22H,11-14H2,1H3,(H,27,30). The van der Waals surface area contributed by atoms with Gasteiger partial charge < -0.3 is 14.6 Å². The number of carbonyl (C=O) groups is 2. The van der Waals surface area contributed by atoms with Crippen LogP contribution in [0.4, 0.5) is 5.69 Å². The lowest BCUT2D eigenvalue weighted by Gasteiger charge is -2.37. The molecule has 1 atom stereocenters. The third-order valence-electron chi connectivity index (χ3n) is 5.68. The molecule has 1 aromatic heterocycles. The fraction of sp³-hybridized carbons (Fsp3) is 0.240. The van der Waals surface area contributed by atoms with Gasteiger partial charge in [-0.15, -0.1) is 0 Å². The summed E-state index contributed by atoms with van der Waals surface area (Å²) in [7, 11) is 0. The molecule has 2 amide bonds. The first-order valence-electron chi connectivity index (χ1n) is 10.5. The summed E-state index contributed by atoms with van der Waals surface area (Å²) in [5.41, 5.74) is 2.90. The van der Waals surface area contributed by atoms with Gasteiger partial charge in [-0.3, -0.25) is 14.5 Å². The summed E-state index contributed by atoms with van der Waals surface area (Å²) in [5, 5.41) is 12.5. The summed E-state index contributed by atoms with van der Waals surface area (Å²) < 4.78 is 5.14. The number of carbonyl (C=O) groups excluding carboxylic acids is 2. The van der Waals surface area contributed by atoms with Gasteiger partial charge in [-0.1, -0.05) is 36.4 Å². The summed E-state index contributed by atoms with van der Waals surface area (Å²) in [4.78, 5) is 29.3. The molecule has 4 rings (SSSR count). The molecule has 1 unspecified atom stereocenters. The lowest BCUT2D eigenvalue weighted by atomic mass is 10.1. The summed E-state index contributed by atoms with van der Waals surface area (Å²) >= 11 is 0. The number of piperazine rings is 1. The molecule has 1 aliphatic rings. The molecule has 0 saturated carbocycles. The molecule has 7 nitrogen and oxygen atoms in total. The van der Waals surface area contributed by atoms with Crippen LogP contribution in [0.15, 0.2) is 71.3 Å². The van der Waals surface area contributed by atoms with E-state index in [0.29, 0.717) is 37.4 Å². The number of nitriles is 1. The van der Waals surface area contributed by atoms with E-state index in [0.717, 1.165) is 11.1 Å². The smallest absolute Gasteiger partial charge is 0.291 e. The summed E-state index contributed by atoms with van der Waals surface area (Å²) in [6.45, 7) is 4.17. The highest BCUT2D eigenvalue weighted by atomic mass is 16.3. The van der Waals surface area contributed by atoms with Crippen LogP contribution in [-0.4, -0.2) is 47.8 Å². The highest BCUT2D eigenvalue weighted by molar-refractivity contribution is 6.04.